The lowest BCUT2D eigenvalue weighted by atomic mass is 10.0. The molecule has 1 nitrogen and oxygen atoms in total. The first-order chi connectivity index (χ1) is 7.03. The molecule has 0 radical (unpaired) electrons. The Kier molecular flexibility index (Phi) is 4.55. The first-order valence-corrected chi connectivity index (χ1v) is 5.62. The molecule has 0 aliphatic rings. The highest BCUT2D eigenvalue weighted by Gasteiger charge is 2.15. The van der Waals surface area contributed by atoms with Gasteiger partial charge in [0.1, 0.15) is 5.82 Å². The predicted molar refractivity (Wildman–Crippen MR) is 62.7 cm³/mol. The third-order valence-corrected chi connectivity index (χ3v) is 2.59. The van der Waals surface area contributed by atoms with Crippen molar-refractivity contribution in [3.8, 4) is 0 Å². The van der Waals surface area contributed by atoms with Crippen LogP contribution in [-0.2, 0) is 6.54 Å². The molecule has 0 aliphatic carbocycles. The summed E-state index contributed by atoms with van der Waals surface area (Å²) in [5.41, 5.74) is 1.11. The summed E-state index contributed by atoms with van der Waals surface area (Å²) in [5.74, 6) is 0.447. The Morgan fingerprint density at radius 3 is 2.40 bits per heavy atom. The van der Waals surface area contributed by atoms with Crippen molar-refractivity contribution < 1.29 is 4.39 Å². The number of rotatable bonds is 5. The van der Waals surface area contributed by atoms with E-state index in [1.165, 1.54) is 12.1 Å². The van der Waals surface area contributed by atoms with Gasteiger partial charge in [0.25, 0.3) is 0 Å². The average molecular weight is 230 g/mol. The summed E-state index contributed by atoms with van der Waals surface area (Å²) in [4.78, 5) is 0. The van der Waals surface area contributed by atoms with E-state index in [1.807, 2.05) is 0 Å². The van der Waals surface area contributed by atoms with Crippen LogP contribution in [-0.4, -0.2) is 11.4 Å². The number of alkyl halides is 1. The largest absolute Gasteiger partial charge is 0.308 e. The Balaban J connectivity index is 2.46. The number of halogens is 2. The summed E-state index contributed by atoms with van der Waals surface area (Å²) in [6.07, 6.45) is 0.912. The van der Waals surface area contributed by atoms with Gasteiger partial charge in [0.05, 0.1) is 0 Å². The van der Waals surface area contributed by atoms with Crippen LogP contribution in [0.15, 0.2) is 24.3 Å². The zero-order valence-electron chi connectivity index (χ0n) is 9.19. The lowest BCUT2D eigenvalue weighted by Crippen LogP contribution is -2.39. The minimum absolute atomic E-state index is 0.0239. The molecule has 0 aromatic heterocycles. The van der Waals surface area contributed by atoms with Crippen molar-refractivity contribution >= 4 is 11.6 Å². The van der Waals surface area contributed by atoms with Crippen molar-refractivity contribution in [3.05, 3.63) is 35.6 Å². The second-order valence-electron chi connectivity index (χ2n) is 4.30. The molecule has 1 N–H and O–H groups in total. The van der Waals surface area contributed by atoms with Crippen molar-refractivity contribution in [2.75, 3.05) is 5.88 Å². The molecule has 0 bridgehead atoms. The van der Waals surface area contributed by atoms with Crippen molar-refractivity contribution in [2.24, 2.45) is 0 Å². The maximum Gasteiger partial charge on any atom is 0.123 e. The molecular weight excluding hydrogens is 213 g/mol. The van der Waals surface area contributed by atoms with E-state index in [2.05, 4.69) is 19.2 Å². The van der Waals surface area contributed by atoms with E-state index in [-0.39, 0.29) is 11.4 Å². The smallest absolute Gasteiger partial charge is 0.123 e. The highest BCUT2D eigenvalue weighted by Crippen LogP contribution is 2.11. The molecule has 0 saturated carbocycles. The van der Waals surface area contributed by atoms with Gasteiger partial charge in [-0.3, -0.25) is 0 Å². The summed E-state index contributed by atoms with van der Waals surface area (Å²) < 4.78 is 12.6. The summed E-state index contributed by atoms with van der Waals surface area (Å²) >= 11 is 5.70. The van der Waals surface area contributed by atoms with Crippen molar-refractivity contribution in [1.82, 2.24) is 5.32 Å². The topological polar surface area (TPSA) is 12.0 Å². The van der Waals surface area contributed by atoms with Crippen LogP contribution in [0.2, 0.25) is 0 Å². The molecule has 0 heterocycles. The van der Waals surface area contributed by atoms with E-state index >= 15 is 0 Å². The standard InChI is InChI=1S/C12H17ClFN/c1-12(2,7-8-13)15-9-10-3-5-11(14)6-4-10/h3-6,15H,7-9H2,1-2H3. The molecule has 0 atom stereocenters. The van der Waals surface area contributed by atoms with E-state index in [0.29, 0.717) is 5.88 Å². The molecule has 1 aromatic rings. The van der Waals surface area contributed by atoms with Gasteiger partial charge < -0.3 is 5.32 Å². The quantitative estimate of drug-likeness (QED) is 0.764. The minimum atomic E-state index is -0.196. The van der Waals surface area contributed by atoms with E-state index in [9.17, 15) is 4.39 Å². The van der Waals surface area contributed by atoms with Crippen molar-refractivity contribution in [3.63, 3.8) is 0 Å². The van der Waals surface area contributed by atoms with E-state index in [0.717, 1.165) is 18.5 Å². The maximum absolute atomic E-state index is 12.6. The molecule has 0 fully saturated rings. The van der Waals surface area contributed by atoms with Crippen LogP contribution in [0.1, 0.15) is 25.8 Å². The van der Waals surface area contributed by atoms with Gasteiger partial charge in [0.15, 0.2) is 0 Å². The Morgan fingerprint density at radius 1 is 1.27 bits per heavy atom. The van der Waals surface area contributed by atoms with Gasteiger partial charge in [-0.15, -0.1) is 11.6 Å². The van der Waals surface area contributed by atoms with Gasteiger partial charge in [-0.05, 0) is 38.0 Å². The minimum Gasteiger partial charge on any atom is -0.308 e. The number of nitrogens with one attached hydrogen (secondary N) is 1. The average Bonchev–Trinajstić information content (AvgIpc) is 2.17. The highest BCUT2D eigenvalue weighted by atomic mass is 35.5. The fraction of sp³-hybridized carbons (Fsp3) is 0.500. The Labute approximate surface area is 95.6 Å². The van der Waals surface area contributed by atoms with Crippen LogP contribution in [0.5, 0.6) is 0 Å². The molecule has 1 aromatic carbocycles. The first kappa shape index (κ1) is 12.5. The molecule has 0 aliphatic heterocycles. The second-order valence-corrected chi connectivity index (χ2v) is 4.68. The van der Waals surface area contributed by atoms with E-state index in [4.69, 9.17) is 11.6 Å². The van der Waals surface area contributed by atoms with Crippen LogP contribution in [0.25, 0.3) is 0 Å². The lowest BCUT2D eigenvalue weighted by molar-refractivity contribution is 0.376. The third kappa shape index (κ3) is 4.63. The Bertz CT molecular complexity index is 295. The van der Waals surface area contributed by atoms with Crippen LogP contribution < -0.4 is 5.32 Å². The summed E-state index contributed by atoms with van der Waals surface area (Å²) in [7, 11) is 0. The van der Waals surface area contributed by atoms with Gasteiger partial charge in [0, 0.05) is 18.0 Å². The van der Waals surface area contributed by atoms with Crippen LogP contribution in [0.4, 0.5) is 4.39 Å². The summed E-state index contributed by atoms with van der Waals surface area (Å²) in [6, 6.07) is 6.54. The molecule has 0 amide bonds. The molecule has 15 heavy (non-hydrogen) atoms. The summed E-state index contributed by atoms with van der Waals surface area (Å²) in [5, 5.41) is 3.39. The Hall–Kier alpha value is -0.600. The normalized spacial score (nSPS) is 11.7. The molecule has 0 spiro atoms. The van der Waals surface area contributed by atoms with Crippen LogP contribution in [0, 0.1) is 5.82 Å². The lowest BCUT2D eigenvalue weighted by Gasteiger charge is -2.25. The monoisotopic (exact) mass is 229 g/mol. The second kappa shape index (κ2) is 5.47. The van der Waals surface area contributed by atoms with Gasteiger partial charge >= 0.3 is 0 Å². The highest BCUT2D eigenvalue weighted by molar-refractivity contribution is 6.17. The van der Waals surface area contributed by atoms with Gasteiger partial charge in [-0.1, -0.05) is 12.1 Å². The van der Waals surface area contributed by atoms with Gasteiger partial charge in [-0.2, -0.15) is 0 Å². The molecular formula is C12H17ClFN. The van der Waals surface area contributed by atoms with Crippen LogP contribution in [0.3, 0.4) is 0 Å². The number of hydrogen-bond donors (Lipinski definition) is 1. The molecule has 3 heteroatoms. The fourth-order valence-corrected chi connectivity index (χ4v) is 1.74. The summed E-state index contributed by atoms with van der Waals surface area (Å²) in [6.45, 7) is 4.96. The number of benzene rings is 1. The van der Waals surface area contributed by atoms with E-state index in [1.54, 1.807) is 12.1 Å². The van der Waals surface area contributed by atoms with Crippen molar-refractivity contribution in [1.29, 1.82) is 0 Å². The third-order valence-electron chi connectivity index (χ3n) is 2.40. The van der Waals surface area contributed by atoms with Crippen LogP contribution >= 0.6 is 11.6 Å². The molecule has 84 valence electrons. The Morgan fingerprint density at radius 2 is 1.87 bits per heavy atom. The predicted octanol–water partition coefficient (Wildman–Crippen LogP) is 3.32. The first-order valence-electron chi connectivity index (χ1n) is 5.09. The molecule has 0 saturated heterocycles. The zero-order valence-corrected chi connectivity index (χ0v) is 9.94. The van der Waals surface area contributed by atoms with Gasteiger partial charge in [0.2, 0.25) is 0 Å². The fourth-order valence-electron chi connectivity index (χ4n) is 1.27. The maximum atomic E-state index is 12.6. The molecule has 1 rings (SSSR count). The van der Waals surface area contributed by atoms with Gasteiger partial charge in [-0.25, -0.2) is 4.39 Å². The van der Waals surface area contributed by atoms with E-state index < -0.39 is 0 Å². The SMILES string of the molecule is CC(C)(CCCl)NCc1ccc(F)cc1. The van der Waals surface area contributed by atoms with Crippen molar-refractivity contribution in [2.45, 2.75) is 32.4 Å². The zero-order chi connectivity index (χ0) is 11.3. The molecule has 0 unspecified atom stereocenters. The number of hydrogen-bond acceptors (Lipinski definition) is 1.